The number of hydrogen-bond donors (Lipinski definition) is 0. The lowest BCUT2D eigenvalue weighted by molar-refractivity contribution is 0.552. The monoisotopic (exact) mass is 161 g/mol. The van der Waals surface area contributed by atoms with Crippen LogP contribution in [0.15, 0.2) is 24.3 Å². The van der Waals surface area contributed by atoms with Crippen LogP contribution in [0.25, 0.3) is 0 Å². The van der Waals surface area contributed by atoms with E-state index in [9.17, 15) is 0 Å². The summed E-state index contributed by atoms with van der Waals surface area (Å²) in [4.78, 5) is 2.35. The SMILES string of the molecule is CC1Cc2ccccc2N(C)C1. The Labute approximate surface area is 74.0 Å². The molecule has 0 spiro atoms. The summed E-state index contributed by atoms with van der Waals surface area (Å²) in [6.45, 7) is 3.50. The summed E-state index contributed by atoms with van der Waals surface area (Å²) < 4.78 is 0. The summed E-state index contributed by atoms with van der Waals surface area (Å²) in [5, 5.41) is 0. The highest BCUT2D eigenvalue weighted by Gasteiger charge is 2.17. The molecular formula is C11H15N. The van der Waals surface area contributed by atoms with Gasteiger partial charge >= 0.3 is 0 Å². The Bertz CT molecular complexity index is 280. The van der Waals surface area contributed by atoms with Crippen LogP contribution < -0.4 is 4.90 Å². The van der Waals surface area contributed by atoms with E-state index >= 15 is 0 Å². The highest BCUT2D eigenvalue weighted by atomic mass is 15.1. The molecule has 1 aliphatic rings. The minimum absolute atomic E-state index is 0.796. The van der Waals surface area contributed by atoms with Gasteiger partial charge in [0.1, 0.15) is 0 Å². The highest BCUT2D eigenvalue weighted by molar-refractivity contribution is 5.54. The fraction of sp³-hybridized carbons (Fsp3) is 0.455. The largest absolute Gasteiger partial charge is 0.374 e. The number of fused-ring (bicyclic) bond motifs is 1. The van der Waals surface area contributed by atoms with Crippen molar-refractivity contribution in [1.29, 1.82) is 0 Å². The first-order valence-corrected chi connectivity index (χ1v) is 4.56. The third kappa shape index (κ3) is 1.20. The Kier molecular flexibility index (Phi) is 1.80. The zero-order valence-corrected chi connectivity index (χ0v) is 7.75. The van der Waals surface area contributed by atoms with Gasteiger partial charge in [0.15, 0.2) is 0 Å². The molecule has 12 heavy (non-hydrogen) atoms. The number of hydrogen-bond acceptors (Lipinski definition) is 1. The Balaban J connectivity index is 2.40. The van der Waals surface area contributed by atoms with E-state index < -0.39 is 0 Å². The Morgan fingerprint density at radius 1 is 1.33 bits per heavy atom. The first kappa shape index (κ1) is 7.66. The molecule has 0 fully saturated rings. The van der Waals surface area contributed by atoms with Crippen molar-refractivity contribution < 1.29 is 0 Å². The quantitative estimate of drug-likeness (QED) is 0.564. The fourth-order valence-electron chi connectivity index (χ4n) is 2.06. The summed E-state index contributed by atoms with van der Waals surface area (Å²) in [6.07, 6.45) is 1.24. The molecule has 1 aliphatic heterocycles. The smallest absolute Gasteiger partial charge is 0.0396 e. The van der Waals surface area contributed by atoms with Crippen molar-refractivity contribution in [3.63, 3.8) is 0 Å². The normalized spacial score (nSPS) is 22.2. The minimum Gasteiger partial charge on any atom is -0.374 e. The van der Waals surface area contributed by atoms with Gasteiger partial charge in [-0.2, -0.15) is 0 Å². The standard InChI is InChI=1S/C11H15N/c1-9-7-10-5-3-4-6-11(10)12(2)8-9/h3-6,9H,7-8H2,1-2H3. The predicted molar refractivity (Wildman–Crippen MR) is 52.6 cm³/mol. The minimum atomic E-state index is 0.796. The van der Waals surface area contributed by atoms with Crippen molar-refractivity contribution in [3.05, 3.63) is 29.8 Å². The van der Waals surface area contributed by atoms with Gasteiger partial charge in [-0.3, -0.25) is 0 Å². The summed E-state index contributed by atoms with van der Waals surface area (Å²) in [6, 6.07) is 8.69. The molecule has 0 aromatic heterocycles. The van der Waals surface area contributed by atoms with Gasteiger partial charge in [0.05, 0.1) is 0 Å². The first-order valence-electron chi connectivity index (χ1n) is 4.56. The first-order chi connectivity index (χ1) is 5.77. The lowest BCUT2D eigenvalue weighted by Crippen LogP contribution is -2.30. The molecule has 64 valence electrons. The number of nitrogens with zero attached hydrogens (tertiary/aromatic N) is 1. The number of anilines is 1. The number of benzene rings is 1. The van der Waals surface area contributed by atoms with Gasteiger partial charge in [-0.05, 0) is 24.0 Å². The molecule has 1 heteroatoms. The molecule has 1 nitrogen and oxygen atoms in total. The molecule has 0 aliphatic carbocycles. The van der Waals surface area contributed by atoms with E-state index in [0.29, 0.717) is 0 Å². The van der Waals surface area contributed by atoms with Crippen molar-refractivity contribution in [2.24, 2.45) is 5.92 Å². The van der Waals surface area contributed by atoms with Crippen LogP contribution in [0.3, 0.4) is 0 Å². The second kappa shape index (κ2) is 2.81. The third-order valence-electron chi connectivity index (χ3n) is 2.56. The fourth-order valence-corrected chi connectivity index (χ4v) is 2.06. The molecule has 1 unspecified atom stereocenters. The van der Waals surface area contributed by atoms with E-state index in [0.717, 1.165) is 5.92 Å². The van der Waals surface area contributed by atoms with Crippen LogP contribution in [0.5, 0.6) is 0 Å². The molecule has 0 N–H and O–H groups in total. The highest BCUT2D eigenvalue weighted by Crippen LogP contribution is 2.27. The Morgan fingerprint density at radius 3 is 2.92 bits per heavy atom. The van der Waals surface area contributed by atoms with Crippen molar-refractivity contribution in [1.82, 2.24) is 0 Å². The van der Waals surface area contributed by atoms with E-state index in [1.54, 1.807) is 0 Å². The molecular weight excluding hydrogens is 146 g/mol. The summed E-state index contributed by atoms with van der Waals surface area (Å²) in [7, 11) is 2.18. The Hall–Kier alpha value is -0.980. The van der Waals surface area contributed by atoms with Gasteiger partial charge in [-0.1, -0.05) is 25.1 Å². The maximum atomic E-state index is 2.35. The molecule has 0 amide bonds. The topological polar surface area (TPSA) is 3.24 Å². The van der Waals surface area contributed by atoms with Gasteiger partial charge in [0, 0.05) is 19.3 Å². The molecule has 1 heterocycles. The van der Waals surface area contributed by atoms with Crippen molar-refractivity contribution in [2.75, 3.05) is 18.5 Å². The Morgan fingerprint density at radius 2 is 2.08 bits per heavy atom. The van der Waals surface area contributed by atoms with Crippen LogP contribution in [0.4, 0.5) is 5.69 Å². The molecule has 1 atom stereocenters. The van der Waals surface area contributed by atoms with Gasteiger partial charge in [0.2, 0.25) is 0 Å². The van der Waals surface area contributed by atoms with E-state index in [1.165, 1.54) is 24.2 Å². The van der Waals surface area contributed by atoms with Gasteiger partial charge in [-0.15, -0.1) is 0 Å². The van der Waals surface area contributed by atoms with Gasteiger partial charge < -0.3 is 4.90 Å². The van der Waals surface area contributed by atoms with Crippen LogP contribution in [-0.2, 0) is 6.42 Å². The summed E-state index contributed by atoms with van der Waals surface area (Å²) in [5.41, 5.74) is 2.91. The molecule has 0 saturated carbocycles. The zero-order valence-electron chi connectivity index (χ0n) is 7.75. The second-order valence-corrected chi connectivity index (χ2v) is 3.82. The molecule has 0 saturated heterocycles. The predicted octanol–water partition coefficient (Wildman–Crippen LogP) is 2.32. The van der Waals surface area contributed by atoms with Gasteiger partial charge in [0.25, 0.3) is 0 Å². The zero-order chi connectivity index (χ0) is 8.55. The number of rotatable bonds is 0. The van der Waals surface area contributed by atoms with Crippen LogP contribution in [0.1, 0.15) is 12.5 Å². The van der Waals surface area contributed by atoms with Crippen LogP contribution in [-0.4, -0.2) is 13.6 Å². The van der Waals surface area contributed by atoms with Crippen molar-refractivity contribution in [2.45, 2.75) is 13.3 Å². The molecule has 0 bridgehead atoms. The lowest BCUT2D eigenvalue weighted by atomic mass is 9.94. The summed E-state index contributed by atoms with van der Waals surface area (Å²) in [5.74, 6) is 0.796. The number of para-hydroxylation sites is 1. The van der Waals surface area contributed by atoms with Crippen LogP contribution in [0.2, 0.25) is 0 Å². The van der Waals surface area contributed by atoms with Crippen molar-refractivity contribution >= 4 is 5.69 Å². The maximum absolute atomic E-state index is 2.35. The average Bonchev–Trinajstić information content (AvgIpc) is 2.04. The van der Waals surface area contributed by atoms with E-state index in [-0.39, 0.29) is 0 Å². The molecule has 1 aromatic rings. The lowest BCUT2D eigenvalue weighted by Gasteiger charge is -2.31. The van der Waals surface area contributed by atoms with Crippen molar-refractivity contribution in [3.8, 4) is 0 Å². The molecule has 1 aromatic carbocycles. The maximum Gasteiger partial charge on any atom is 0.0396 e. The van der Waals surface area contributed by atoms with E-state index in [1.807, 2.05) is 0 Å². The van der Waals surface area contributed by atoms with Crippen LogP contribution in [0, 0.1) is 5.92 Å². The van der Waals surface area contributed by atoms with Gasteiger partial charge in [-0.25, -0.2) is 0 Å². The summed E-state index contributed by atoms with van der Waals surface area (Å²) >= 11 is 0. The third-order valence-corrected chi connectivity index (χ3v) is 2.56. The average molecular weight is 161 g/mol. The van der Waals surface area contributed by atoms with E-state index in [4.69, 9.17) is 0 Å². The second-order valence-electron chi connectivity index (χ2n) is 3.82. The van der Waals surface area contributed by atoms with E-state index in [2.05, 4.69) is 43.1 Å². The molecule has 2 rings (SSSR count). The molecule has 0 radical (unpaired) electrons. The van der Waals surface area contributed by atoms with Crippen LogP contribution >= 0.6 is 0 Å².